The summed E-state index contributed by atoms with van der Waals surface area (Å²) in [5.74, 6) is -1.18. The Morgan fingerprint density at radius 3 is 2.65 bits per heavy atom. The van der Waals surface area contributed by atoms with Gasteiger partial charge in [-0.25, -0.2) is 17.9 Å². The third kappa shape index (κ3) is 5.81. The molecule has 3 N–H and O–H groups in total. The van der Waals surface area contributed by atoms with E-state index in [1.165, 1.54) is 25.3 Å². The van der Waals surface area contributed by atoms with Crippen molar-refractivity contribution in [3.63, 3.8) is 0 Å². The lowest BCUT2D eigenvalue weighted by molar-refractivity contribution is 0.0697. The largest absolute Gasteiger partial charge is 0.478 e. The first-order valence-corrected chi connectivity index (χ1v) is 8.92. The first-order chi connectivity index (χ1) is 10.8. The van der Waals surface area contributed by atoms with Crippen LogP contribution in [0.1, 0.15) is 37.0 Å². The molecule has 1 aromatic rings. The summed E-state index contributed by atoms with van der Waals surface area (Å²) in [4.78, 5) is 11.3. The van der Waals surface area contributed by atoms with Gasteiger partial charge in [-0.3, -0.25) is 0 Å². The maximum atomic E-state index is 12.1. The molecule has 1 aromatic carbocycles. The van der Waals surface area contributed by atoms with Crippen LogP contribution in [0, 0.1) is 0 Å². The monoisotopic (exact) mass is 344 g/mol. The van der Waals surface area contributed by atoms with E-state index in [4.69, 9.17) is 4.74 Å². The molecule has 0 spiro atoms. The molecule has 8 heteroatoms. The Morgan fingerprint density at radius 1 is 1.39 bits per heavy atom. The maximum absolute atomic E-state index is 12.1. The van der Waals surface area contributed by atoms with Crippen molar-refractivity contribution in [2.75, 3.05) is 25.6 Å². The number of hydrogen-bond acceptors (Lipinski definition) is 5. The second-order valence-corrected chi connectivity index (χ2v) is 7.00. The van der Waals surface area contributed by atoms with Gasteiger partial charge in [-0.05, 0) is 31.5 Å². The Labute approximate surface area is 137 Å². The molecule has 1 atom stereocenters. The topological polar surface area (TPSA) is 105 Å². The van der Waals surface area contributed by atoms with Gasteiger partial charge in [0.2, 0.25) is 10.0 Å². The molecule has 130 valence electrons. The van der Waals surface area contributed by atoms with E-state index in [9.17, 15) is 18.3 Å². The van der Waals surface area contributed by atoms with Crippen molar-refractivity contribution in [1.29, 1.82) is 0 Å². The van der Waals surface area contributed by atoms with Crippen LogP contribution in [0.15, 0.2) is 23.1 Å². The minimum Gasteiger partial charge on any atom is -0.478 e. The Balaban J connectivity index is 3.05. The lowest BCUT2D eigenvalue weighted by Crippen LogP contribution is -2.27. The van der Waals surface area contributed by atoms with E-state index in [1.807, 2.05) is 13.8 Å². The van der Waals surface area contributed by atoms with Gasteiger partial charge in [0.15, 0.2) is 0 Å². The quantitative estimate of drug-likeness (QED) is 0.560. The summed E-state index contributed by atoms with van der Waals surface area (Å²) in [6.45, 7) is 4.34. The summed E-state index contributed by atoms with van der Waals surface area (Å²) in [6.07, 6.45) is 1.85. The van der Waals surface area contributed by atoms with Crippen molar-refractivity contribution in [3.8, 4) is 0 Å². The van der Waals surface area contributed by atoms with Crippen LogP contribution >= 0.6 is 0 Å². The molecule has 0 aliphatic rings. The van der Waals surface area contributed by atoms with E-state index in [0.717, 1.165) is 12.8 Å². The molecule has 0 fully saturated rings. The fourth-order valence-electron chi connectivity index (χ4n) is 2.13. The van der Waals surface area contributed by atoms with Gasteiger partial charge < -0.3 is 15.2 Å². The minimum atomic E-state index is -3.77. The number of rotatable bonds is 10. The summed E-state index contributed by atoms with van der Waals surface area (Å²) in [5, 5.41) is 12.4. The van der Waals surface area contributed by atoms with Gasteiger partial charge in [-0.15, -0.1) is 0 Å². The first-order valence-electron chi connectivity index (χ1n) is 7.44. The highest BCUT2D eigenvalue weighted by Gasteiger charge is 2.19. The molecular weight excluding hydrogens is 320 g/mol. The fourth-order valence-corrected chi connectivity index (χ4v) is 3.16. The number of hydrogen-bond donors (Lipinski definition) is 3. The number of sulfonamides is 1. The van der Waals surface area contributed by atoms with E-state index in [1.54, 1.807) is 0 Å². The Bertz CT molecular complexity index is 631. The van der Waals surface area contributed by atoms with Gasteiger partial charge in [0.1, 0.15) is 0 Å². The summed E-state index contributed by atoms with van der Waals surface area (Å²) in [5.41, 5.74) is 0.344. The van der Waals surface area contributed by atoms with Crippen molar-refractivity contribution in [2.45, 2.75) is 37.6 Å². The number of ether oxygens (including phenoxy) is 1. The van der Waals surface area contributed by atoms with E-state index < -0.39 is 16.0 Å². The minimum absolute atomic E-state index is 0.0671. The van der Waals surface area contributed by atoms with Crippen molar-refractivity contribution < 1.29 is 23.1 Å². The molecule has 1 unspecified atom stereocenters. The number of nitrogens with one attached hydrogen (secondary N) is 2. The normalized spacial score (nSPS) is 12.8. The Morgan fingerprint density at radius 2 is 2.09 bits per heavy atom. The van der Waals surface area contributed by atoms with Crippen LogP contribution in [-0.2, 0) is 14.8 Å². The van der Waals surface area contributed by atoms with E-state index in [0.29, 0.717) is 5.69 Å². The summed E-state index contributed by atoms with van der Waals surface area (Å²) in [7, 11) is -2.30. The molecule has 7 nitrogen and oxygen atoms in total. The number of anilines is 1. The van der Waals surface area contributed by atoms with Gasteiger partial charge in [0, 0.05) is 25.4 Å². The first kappa shape index (κ1) is 19.4. The predicted octanol–water partition coefficient (Wildman–Crippen LogP) is 1.91. The molecule has 0 bridgehead atoms. The molecule has 0 radical (unpaired) electrons. The van der Waals surface area contributed by atoms with Crippen LogP contribution in [0.25, 0.3) is 0 Å². The number of aromatic carboxylic acids is 1. The van der Waals surface area contributed by atoms with Crippen molar-refractivity contribution in [1.82, 2.24) is 4.72 Å². The highest BCUT2D eigenvalue weighted by Crippen LogP contribution is 2.22. The van der Waals surface area contributed by atoms with Crippen molar-refractivity contribution in [2.24, 2.45) is 0 Å². The molecular formula is C15H24N2O5S. The van der Waals surface area contributed by atoms with E-state index >= 15 is 0 Å². The number of benzene rings is 1. The predicted molar refractivity (Wildman–Crippen MR) is 88.5 cm³/mol. The number of carbonyl (C=O) groups is 1. The molecule has 23 heavy (non-hydrogen) atoms. The van der Waals surface area contributed by atoms with Crippen molar-refractivity contribution in [3.05, 3.63) is 23.8 Å². The smallest absolute Gasteiger partial charge is 0.337 e. The highest BCUT2D eigenvalue weighted by atomic mass is 32.2. The van der Waals surface area contributed by atoms with E-state index in [-0.39, 0.29) is 29.7 Å². The molecule has 0 aliphatic heterocycles. The molecule has 0 aliphatic carbocycles. The van der Waals surface area contributed by atoms with Gasteiger partial charge in [0.25, 0.3) is 0 Å². The Hall–Kier alpha value is -1.64. The second-order valence-electron chi connectivity index (χ2n) is 5.24. The molecule has 0 aromatic heterocycles. The third-order valence-corrected chi connectivity index (χ3v) is 4.71. The van der Waals surface area contributed by atoms with Gasteiger partial charge >= 0.3 is 5.97 Å². The van der Waals surface area contributed by atoms with Gasteiger partial charge in [0.05, 0.1) is 17.1 Å². The zero-order chi connectivity index (χ0) is 17.5. The highest BCUT2D eigenvalue weighted by molar-refractivity contribution is 7.89. The van der Waals surface area contributed by atoms with E-state index in [2.05, 4.69) is 10.0 Å². The second kappa shape index (κ2) is 8.85. The fraction of sp³-hybridized carbons (Fsp3) is 0.533. The standard InChI is InChI=1S/C15H24N2O5S/c1-4-5-11(2)17-14-7-6-12(10-13(14)15(18)19)23(20,21)16-8-9-22-3/h6-7,10-11,16-17H,4-5,8-9H2,1-3H3,(H,18,19). The summed E-state index contributed by atoms with van der Waals surface area (Å²) >= 11 is 0. The summed E-state index contributed by atoms with van der Waals surface area (Å²) in [6, 6.07) is 4.14. The van der Waals surface area contributed by atoms with Gasteiger partial charge in [-0.2, -0.15) is 0 Å². The maximum Gasteiger partial charge on any atom is 0.337 e. The SMILES string of the molecule is CCCC(C)Nc1ccc(S(=O)(=O)NCCOC)cc1C(=O)O. The summed E-state index contributed by atoms with van der Waals surface area (Å²) < 4.78 is 31.4. The molecule has 0 saturated heterocycles. The van der Waals surface area contributed by atoms with Crippen LogP contribution in [0.2, 0.25) is 0 Å². The van der Waals surface area contributed by atoms with Crippen LogP contribution < -0.4 is 10.0 Å². The van der Waals surface area contributed by atoms with Crippen molar-refractivity contribution >= 4 is 21.7 Å². The molecule has 1 rings (SSSR count). The molecule has 0 saturated carbocycles. The molecule has 0 amide bonds. The number of methoxy groups -OCH3 is 1. The van der Waals surface area contributed by atoms with Crippen LogP contribution in [0.3, 0.4) is 0 Å². The lowest BCUT2D eigenvalue weighted by atomic mass is 10.1. The zero-order valence-corrected chi connectivity index (χ0v) is 14.4. The Kier molecular flexibility index (Phi) is 7.47. The van der Waals surface area contributed by atoms with Gasteiger partial charge in [-0.1, -0.05) is 13.3 Å². The lowest BCUT2D eigenvalue weighted by Gasteiger charge is -2.17. The molecule has 0 heterocycles. The zero-order valence-electron chi connectivity index (χ0n) is 13.6. The number of carboxylic acids is 1. The third-order valence-electron chi connectivity index (χ3n) is 3.25. The van der Waals surface area contributed by atoms with Crippen LogP contribution in [0.5, 0.6) is 0 Å². The van der Waals surface area contributed by atoms with Crippen LogP contribution in [-0.4, -0.2) is 45.8 Å². The average Bonchev–Trinajstić information content (AvgIpc) is 2.47. The average molecular weight is 344 g/mol. The number of carboxylic acid groups (broad SMARTS) is 1. The van der Waals surface area contributed by atoms with Crippen LogP contribution in [0.4, 0.5) is 5.69 Å².